The second kappa shape index (κ2) is 9.21. The number of amides is 2. The Morgan fingerprint density at radius 1 is 1.39 bits per heavy atom. The lowest BCUT2D eigenvalue weighted by Crippen LogP contribution is -2.49. The zero-order chi connectivity index (χ0) is 14.1. The Morgan fingerprint density at radius 3 is 2.44 bits per heavy atom. The number of carboxylic acid groups (broad SMARTS) is 1. The molecule has 0 bridgehead atoms. The lowest BCUT2D eigenvalue weighted by molar-refractivity contribution is -0.139. The van der Waals surface area contributed by atoms with Crippen molar-refractivity contribution in [2.45, 2.75) is 25.4 Å². The molecule has 0 fully saturated rings. The Bertz CT molecular complexity index is 312. The molecule has 6 nitrogen and oxygen atoms in total. The van der Waals surface area contributed by atoms with Crippen LogP contribution in [-0.2, 0) is 15.6 Å². The van der Waals surface area contributed by atoms with Crippen molar-refractivity contribution in [2.75, 3.05) is 24.0 Å². The molecule has 8 heteroatoms. The maximum Gasteiger partial charge on any atom is 0.326 e. The van der Waals surface area contributed by atoms with Gasteiger partial charge in [0.25, 0.3) is 0 Å². The summed E-state index contributed by atoms with van der Waals surface area (Å²) in [6.45, 7) is 1.72. The largest absolute Gasteiger partial charge is 0.480 e. The van der Waals surface area contributed by atoms with Crippen molar-refractivity contribution in [3.8, 4) is 0 Å². The standard InChI is InChI=1S/C10H20N2O4S2/c1-7(6-18(3)16)11-10(15)12-8(9(13)14)4-5-17-2/h7-8H,4-6H2,1-3H3,(H,13,14)(H2,11,12,15)/t7?,8-,18?/m0/s1. The van der Waals surface area contributed by atoms with Gasteiger partial charge in [-0.1, -0.05) is 0 Å². The average Bonchev–Trinajstić information content (AvgIpc) is 2.22. The normalized spacial score (nSPS) is 15.5. The van der Waals surface area contributed by atoms with E-state index in [0.717, 1.165) is 0 Å². The molecule has 0 spiro atoms. The number of aliphatic carboxylic acids is 1. The number of carbonyl (C=O) groups excluding carboxylic acids is 1. The summed E-state index contributed by atoms with van der Waals surface area (Å²) in [5, 5.41) is 13.9. The Hall–Kier alpha value is -0.760. The molecule has 0 rings (SSSR count). The van der Waals surface area contributed by atoms with Gasteiger partial charge in [-0.25, -0.2) is 9.59 Å². The number of carboxylic acids is 1. The van der Waals surface area contributed by atoms with E-state index in [9.17, 15) is 13.8 Å². The van der Waals surface area contributed by atoms with E-state index in [-0.39, 0.29) is 6.04 Å². The van der Waals surface area contributed by atoms with E-state index in [1.165, 1.54) is 11.8 Å². The van der Waals surface area contributed by atoms with Gasteiger partial charge >= 0.3 is 12.0 Å². The third kappa shape index (κ3) is 8.35. The second-order valence-corrected chi connectivity index (χ2v) is 6.40. The fourth-order valence-electron chi connectivity index (χ4n) is 1.31. The van der Waals surface area contributed by atoms with Gasteiger partial charge < -0.3 is 15.7 Å². The van der Waals surface area contributed by atoms with Gasteiger partial charge in [0.05, 0.1) is 0 Å². The van der Waals surface area contributed by atoms with E-state index in [0.29, 0.717) is 17.9 Å². The highest BCUT2D eigenvalue weighted by molar-refractivity contribution is 7.98. The van der Waals surface area contributed by atoms with E-state index in [2.05, 4.69) is 10.6 Å². The van der Waals surface area contributed by atoms with Crippen molar-refractivity contribution in [3.63, 3.8) is 0 Å². The molecule has 0 aromatic rings. The number of hydrogen-bond acceptors (Lipinski definition) is 4. The van der Waals surface area contributed by atoms with Crippen molar-refractivity contribution in [1.29, 1.82) is 0 Å². The predicted octanol–water partition coefficient (Wildman–Crippen LogP) is 0.259. The minimum atomic E-state index is -1.05. The van der Waals surface area contributed by atoms with Crippen molar-refractivity contribution in [1.82, 2.24) is 10.6 Å². The third-order valence-corrected chi connectivity index (χ3v) is 3.69. The first-order chi connectivity index (χ1) is 8.36. The first-order valence-electron chi connectivity index (χ1n) is 5.45. The predicted molar refractivity (Wildman–Crippen MR) is 74.5 cm³/mol. The van der Waals surface area contributed by atoms with Crippen LogP contribution in [0.4, 0.5) is 4.79 Å². The van der Waals surface area contributed by atoms with Gasteiger partial charge in [0, 0.05) is 28.9 Å². The average molecular weight is 296 g/mol. The van der Waals surface area contributed by atoms with Crippen LogP contribution in [0, 0.1) is 0 Å². The van der Waals surface area contributed by atoms with Gasteiger partial charge in [-0.3, -0.25) is 4.21 Å². The molecule has 0 aliphatic carbocycles. The van der Waals surface area contributed by atoms with Gasteiger partial charge in [-0.2, -0.15) is 11.8 Å². The molecule has 0 aromatic carbocycles. The number of urea groups is 1. The van der Waals surface area contributed by atoms with Crippen LogP contribution in [0.25, 0.3) is 0 Å². The molecule has 106 valence electrons. The van der Waals surface area contributed by atoms with Crippen molar-refractivity contribution >= 4 is 34.6 Å². The minimum absolute atomic E-state index is 0.258. The van der Waals surface area contributed by atoms with Crippen LogP contribution in [0.3, 0.4) is 0 Å². The van der Waals surface area contributed by atoms with Crippen LogP contribution in [0.5, 0.6) is 0 Å². The summed E-state index contributed by atoms with van der Waals surface area (Å²) in [5.74, 6) is -0.0483. The number of hydrogen-bond donors (Lipinski definition) is 3. The zero-order valence-electron chi connectivity index (χ0n) is 10.8. The molecule has 0 saturated carbocycles. The molecule has 18 heavy (non-hydrogen) atoms. The Labute approximate surface area is 114 Å². The maximum absolute atomic E-state index is 11.5. The van der Waals surface area contributed by atoms with E-state index < -0.39 is 28.8 Å². The summed E-state index contributed by atoms with van der Waals surface area (Å²) in [4.78, 5) is 22.4. The summed E-state index contributed by atoms with van der Waals surface area (Å²) < 4.78 is 10.9. The smallest absolute Gasteiger partial charge is 0.326 e. The van der Waals surface area contributed by atoms with Gasteiger partial charge in [-0.15, -0.1) is 0 Å². The van der Waals surface area contributed by atoms with Gasteiger partial charge in [0.15, 0.2) is 0 Å². The van der Waals surface area contributed by atoms with Crippen molar-refractivity contribution < 1.29 is 18.9 Å². The summed E-state index contributed by atoms with van der Waals surface area (Å²) in [6.07, 6.45) is 3.80. The summed E-state index contributed by atoms with van der Waals surface area (Å²) in [6, 6.07) is -1.69. The molecule has 0 aromatic heterocycles. The molecule has 3 N–H and O–H groups in total. The molecule has 3 atom stereocenters. The molecule has 2 amide bonds. The SMILES string of the molecule is CSCC[C@H](NC(=O)NC(C)CS(C)=O)C(=O)O. The minimum Gasteiger partial charge on any atom is -0.480 e. The Kier molecular flexibility index (Phi) is 8.82. The number of carbonyl (C=O) groups is 2. The molecular formula is C10H20N2O4S2. The lowest BCUT2D eigenvalue weighted by atomic mass is 10.2. The summed E-state index contributed by atoms with van der Waals surface area (Å²) in [5.41, 5.74) is 0. The Morgan fingerprint density at radius 2 is 2.00 bits per heavy atom. The Balaban J connectivity index is 4.16. The molecular weight excluding hydrogens is 276 g/mol. The highest BCUT2D eigenvalue weighted by Gasteiger charge is 2.20. The van der Waals surface area contributed by atoms with Crippen LogP contribution in [0.15, 0.2) is 0 Å². The van der Waals surface area contributed by atoms with E-state index in [4.69, 9.17) is 5.11 Å². The van der Waals surface area contributed by atoms with Crippen LogP contribution in [0.2, 0.25) is 0 Å². The maximum atomic E-state index is 11.5. The molecule has 0 aliphatic rings. The topological polar surface area (TPSA) is 95.5 Å². The first kappa shape index (κ1) is 17.2. The van der Waals surface area contributed by atoms with Crippen molar-refractivity contribution in [2.24, 2.45) is 0 Å². The molecule has 0 aliphatic heterocycles. The fourth-order valence-corrected chi connectivity index (χ4v) is 2.57. The van der Waals surface area contributed by atoms with Crippen LogP contribution in [0.1, 0.15) is 13.3 Å². The summed E-state index contributed by atoms with van der Waals surface area (Å²) in [7, 11) is -1.00. The van der Waals surface area contributed by atoms with Gasteiger partial charge in [-0.05, 0) is 25.4 Å². The number of nitrogens with one attached hydrogen (secondary N) is 2. The molecule has 2 unspecified atom stereocenters. The molecule has 0 saturated heterocycles. The highest BCUT2D eigenvalue weighted by Crippen LogP contribution is 2.01. The third-order valence-electron chi connectivity index (χ3n) is 2.08. The van der Waals surface area contributed by atoms with Crippen LogP contribution in [-0.4, -0.2) is 57.4 Å². The summed E-state index contributed by atoms with van der Waals surface area (Å²) >= 11 is 1.52. The number of rotatable bonds is 8. The number of thioether (sulfide) groups is 1. The molecule has 0 heterocycles. The molecule has 0 radical (unpaired) electrons. The van der Waals surface area contributed by atoms with Crippen LogP contribution < -0.4 is 10.6 Å². The highest BCUT2D eigenvalue weighted by atomic mass is 32.2. The second-order valence-electron chi connectivity index (χ2n) is 3.93. The van der Waals surface area contributed by atoms with Crippen molar-refractivity contribution in [3.05, 3.63) is 0 Å². The quantitative estimate of drug-likeness (QED) is 0.597. The first-order valence-corrected chi connectivity index (χ1v) is 8.57. The van der Waals surface area contributed by atoms with Gasteiger partial charge in [0.1, 0.15) is 6.04 Å². The van der Waals surface area contributed by atoms with Crippen LogP contribution >= 0.6 is 11.8 Å². The van der Waals surface area contributed by atoms with E-state index in [1.807, 2.05) is 6.26 Å². The van der Waals surface area contributed by atoms with E-state index >= 15 is 0 Å². The monoisotopic (exact) mass is 296 g/mol. The zero-order valence-corrected chi connectivity index (χ0v) is 12.4. The fraction of sp³-hybridized carbons (Fsp3) is 0.800. The van der Waals surface area contributed by atoms with Gasteiger partial charge in [0.2, 0.25) is 0 Å². The lowest BCUT2D eigenvalue weighted by Gasteiger charge is -2.17. The van der Waals surface area contributed by atoms with E-state index in [1.54, 1.807) is 13.2 Å².